The number of nitrogens with zero attached hydrogens (tertiary/aromatic N) is 2. The van der Waals surface area contributed by atoms with Gasteiger partial charge in [-0.3, -0.25) is 4.79 Å². The van der Waals surface area contributed by atoms with Crippen molar-refractivity contribution in [2.75, 3.05) is 0 Å². The molecule has 2 heterocycles. The quantitative estimate of drug-likeness (QED) is 0.682. The molecule has 2 aromatic heterocycles. The summed E-state index contributed by atoms with van der Waals surface area (Å²) in [6, 6.07) is 1.83. The van der Waals surface area contributed by atoms with Gasteiger partial charge < -0.3 is 4.40 Å². The summed E-state index contributed by atoms with van der Waals surface area (Å²) in [7, 11) is 0. The summed E-state index contributed by atoms with van der Waals surface area (Å²) in [6.45, 7) is 0. The van der Waals surface area contributed by atoms with E-state index < -0.39 is 11.7 Å². The molecule has 0 bridgehead atoms. The lowest BCUT2D eigenvalue weighted by molar-refractivity contribution is -0.137. The zero-order chi connectivity index (χ0) is 11.1. The van der Waals surface area contributed by atoms with Crippen LogP contribution < -0.4 is 0 Å². The van der Waals surface area contributed by atoms with Gasteiger partial charge in [-0.15, -0.1) is 0 Å². The number of rotatable bonds is 1. The minimum absolute atomic E-state index is 0.104. The number of aromatic nitrogens is 2. The maximum Gasteiger partial charge on any atom is 0.416 e. The molecule has 0 spiro atoms. The molecule has 6 heteroatoms. The number of fused-ring (bicyclic) bond motifs is 1. The van der Waals surface area contributed by atoms with E-state index in [-0.39, 0.29) is 11.3 Å². The molecule has 78 valence electrons. The number of pyridine rings is 1. The van der Waals surface area contributed by atoms with Crippen LogP contribution in [-0.4, -0.2) is 15.7 Å². The Morgan fingerprint density at radius 2 is 2.13 bits per heavy atom. The molecular weight excluding hydrogens is 209 g/mol. The first-order valence-electron chi connectivity index (χ1n) is 4.02. The van der Waals surface area contributed by atoms with Crippen LogP contribution in [0.5, 0.6) is 0 Å². The monoisotopic (exact) mass is 214 g/mol. The van der Waals surface area contributed by atoms with Gasteiger partial charge in [-0.1, -0.05) is 0 Å². The molecule has 0 saturated heterocycles. The van der Waals surface area contributed by atoms with Gasteiger partial charge >= 0.3 is 6.18 Å². The second-order valence-corrected chi connectivity index (χ2v) is 2.96. The van der Waals surface area contributed by atoms with Crippen LogP contribution in [0.1, 0.15) is 16.1 Å². The van der Waals surface area contributed by atoms with Gasteiger partial charge in [0.1, 0.15) is 11.3 Å². The largest absolute Gasteiger partial charge is 0.416 e. The summed E-state index contributed by atoms with van der Waals surface area (Å²) in [5.74, 6) is 0. The van der Waals surface area contributed by atoms with Crippen molar-refractivity contribution in [3.05, 3.63) is 35.8 Å². The van der Waals surface area contributed by atoms with Crippen molar-refractivity contribution in [1.29, 1.82) is 0 Å². The van der Waals surface area contributed by atoms with E-state index in [1.807, 2.05) is 0 Å². The third-order valence-electron chi connectivity index (χ3n) is 1.93. The second-order valence-electron chi connectivity index (χ2n) is 2.96. The molecule has 2 aromatic rings. The number of hydrogen-bond acceptors (Lipinski definition) is 2. The Morgan fingerprint density at radius 3 is 2.73 bits per heavy atom. The summed E-state index contributed by atoms with van der Waals surface area (Å²) >= 11 is 0. The molecule has 0 amide bonds. The predicted octanol–water partition coefficient (Wildman–Crippen LogP) is 2.17. The fourth-order valence-electron chi connectivity index (χ4n) is 1.23. The molecule has 2 rings (SSSR count). The van der Waals surface area contributed by atoms with Gasteiger partial charge in [-0.25, -0.2) is 4.98 Å². The van der Waals surface area contributed by atoms with Gasteiger partial charge in [0.2, 0.25) is 0 Å². The minimum Gasteiger partial charge on any atom is -0.306 e. The molecule has 3 nitrogen and oxygen atoms in total. The van der Waals surface area contributed by atoms with E-state index in [1.54, 1.807) is 0 Å². The fourth-order valence-corrected chi connectivity index (χ4v) is 1.23. The maximum absolute atomic E-state index is 12.3. The van der Waals surface area contributed by atoms with Crippen LogP contribution in [0, 0.1) is 0 Å². The van der Waals surface area contributed by atoms with Crippen molar-refractivity contribution in [2.45, 2.75) is 6.18 Å². The van der Waals surface area contributed by atoms with Crippen molar-refractivity contribution in [2.24, 2.45) is 0 Å². The van der Waals surface area contributed by atoms with Crippen molar-refractivity contribution < 1.29 is 18.0 Å². The zero-order valence-electron chi connectivity index (χ0n) is 7.32. The topological polar surface area (TPSA) is 34.4 Å². The minimum atomic E-state index is -4.39. The van der Waals surface area contributed by atoms with Crippen LogP contribution in [0.3, 0.4) is 0 Å². The summed E-state index contributed by atoms with van der Waals surface area (Å²) in [4.78, 5) is 14.1. The van der Waals surface area contributed by atoms with Crippen LogP contribution in [-0.2, 0) is 6.18 Å². The molecule has 0 radical (unpaired) electrons. The first-order chi connectivity index (χ1) is 7.00. The number of hydrogen-bond donors (Lipinski definition) is 0. The number of alkyl halides is 3. The molecule has 0 aliphatic heterocycles. The maximum atomic E-state index is 12.3. The molecule has 0 saturated carbocycles. The van der Waals surface area contributed by atoms with E-state index >= 15 is 0 Å². The van der Waals surface area contributed by atoms with Crippen LogP contribution in [0.15, 0.2) is 24.5 Å². The van der Waals surface area contributed by atoms with Crippen LogP contribution in [0.4, 0.5) is 13.2 Å². The highest BCUT2D eigenvalue weighted by atomic mass is 19.4. The Kier molecular flexibility index (Phi) is 1.99. The van der Waals surface area contributed by atoms with Crippen molar-refractivity contribution in [1.82, 2.24) is 9.38 Å². The third-order valence-corrected chi connectivity index (χ3v) is 1.93. The SMILES string of the molecule is O=Cc1cn2ccc(C(F)(F)F)cc2n1. The van der Waals surface area contributed by atoms with Crippen LogP contribution in [0.2, 0.25) is 0 Å². The summed E-state index contributed by atoms with van der Waals surface area (Å²) in [6.07, 6.45) is -1.32. The molecule has 0 aliphatic carbocycles. The summed E-state index contributed by atoms with van der Waals surface area (Å²) < 4.78 is 38.3. The molecular formula is C9H5F3N2O. The summed E-state index contributed by atoms with van der Waals surface area (Å²) in [5.41, 5.74) is -0.570. The van der Waals surface area contributed by atoms with Crippen molar-refractivity contribution in [3.8, 4) is 0 Å². The highest BCUT2D eigenvalue weighted by Gasteiger charge is 2.30. The Bertz CT molecular complexity index is 516. The van der Waals surface area contributed by atoms with E-state index in [0.29, 0.717) is 6.29 Å². The van der Waals surface area contributed by atoms with Crippen molar-refractivity contribution >= 4 is 11.9 Å². The third kappa shape index (κ3) is 1.70. The smallest absolute Gasteiger partial charge is 0.306 e. The van der Waals surface area contributed by atoms with Gasteiger partial charge in [0.05, 0.1) is 5.56 Å². The van der Waals surface area contributed by atoms with Gasteiger partial charge in [0.25, 0.3) is 0 Å². The van der Waals surface area contributed by atoms with E-state index in [4.69, 9.17) is 0 Å². The lowest BCUT2D eigenvalue weighted by Gasteiger charge is -2.05. The zero-order valence-corrected chi connectivity index (χ0v) is 7.32. The van der Waals surface area contributed by atoms with E-state index in [1.165, 1.54) is 16.8 Å². The lowest BCUT2D eigenvalue weighted by atomic mass is 10.2. The Hall–Kier alpha value is -1.85. The molecule has 0 unspecified atom stereocenters. The van der Waals surface area contributed by atoms with Gasteiger partial charge in [0, 0.05) is 12.4 Å². The number of carbonyl (C=O) groups excluding carboxylic acids is 1. The highest BCUT2D eigenvalue weighted by Crippen LogP contribution is 2.29. The second kappa shape index (κ2) is 3.08. The summed E-state index contributed by atoms with van der Waals surface area (Å²) in [5, 5.41) is 0. The lowest BCUT2D eigenvalue weighted by Crippen LogP contribution is -2.05. The number of aldehydes is 1. The molecule has 0 atom stereocenters. The van der Waals surface area contributed by atoms with Crippen LogP contribution >= 0.6 is 0 Å². The van der Waals surface area contributed by atoms with E-state index in [2.05, 4.69) is 4.98 Å². The fraction of sp³-hybridized carbons (Fsp3) is 0.111. The number of carbonyl (C=O) groups is 1. The van der Waals surface area contributed by atoms with E-state index in [0.717, 1.165) is 12.1 Å². The Morgan fingerprint density at radius 1 is 1.40 bits per heavy atom. The highest BCUT2D eigenvalue weighted by molar-refractivity contribution is 5.73. The van der Waals surface area contributed by atoms with Gasteiger partial charge in [-0.2, -0.15) is 13.2 Å². The van der Waals surface area contributed by atoms with Crippen LogP contribution in [0.25, 0.3) is 5.65 Å². The van der Waals surface area contributed by atoms with Gasteiger partial charge in [0.15, 0.2) is 6.29 Å². The first-order valence-corrected chi connectivity index (χ1v) is 4.02. The molecule has 15 heavy (non-hydrogen) atoms. The average Bonchev–Trinajstić information content (AvgIpc) is 2.57. The average molecular weight is 214 g/mol. The molecule has 0 fully saturated rings. The normalized spacial score (nSPS) is 11.9. The number of halogens is 3. The Labute approximate surface area is 82.2 Å². The van der Waals surface area contributed by atoms with Crippen molar-refractivity contribution in [3.63, 3.8) is 0 Å². The van der Waals surface area contributed by atoms with Gasteiger partial charge in [-0.05, 0) is 12.1 Å². The molecule has 0 N–H and O–H groups in total. The standard InChI is InChI=1S/C9H5F3N2O/c10-9(11,12)6-1-2-14-4-7(5-15)13-8(14)3-6/h1-5H. The molecule has 0 aromatic carbocycles. The molecule has 0 aliphatic rings. The van der Waals surface area contributed by atoms with E-state index in [9.17, 15) is 18.0 Å². The first kappa shape index (κ1) is 9.70. The number of imidazole rings is 1. The Balaban J connectivity index is 2.60. The predicted molar refractivity (Wildman–Crippen MR) is 45.6 cm³/mol.